The lowest BCUT2D eigenvalue weighted by Gasteiger charge is -2.37. The van der Waals surface area contributed by atoms with Crippen molar-refractivity contribution in [1.29, 1.82) is 0 Å². The topological polar surface area (TPSA) is 41.6 Å². The first-order valence-corrected chi connectivity index (χ1v) is 8.65. The number of methoxy groups -OCH3 is 1. The molecule has 4 nitrogen and oxygen atoms in total. The van der Waals surface area contributed by atoms with Crippen molar-refractivity contribution >= 4 is 29.0 Å². The number of halogens is 2. The van der Waals surface area contributed by atoms with Gasteiger partial charge in [0.1, 0.15) is 11.6 Å². The largest absolute Gasteiger partial charge is 0.466 e. The molecule has 1 N–H and O–H groups in total. The van der Waals surface area contributed by atoms with E-state index < -0.39 is 23.6 Å². The number of nitrogens with one attached hydrogen (secondary N) is 1. The van der Waals surface area contributed by atoms with Gasteiger partial charge in [0.25, 0.3) is 0 Å². The summed E-state index contributed by atoms with van der Waals surface area (Å²) in [6.45, 7) is 3.66. The smallest absolute Gasteiger partial charge is 0.337 e. The zero-order valence-electron chi connectivity index (χ0n) is 15.0. The number of carbonyl (C=O) groups excluding carboxylic acids is 1. The van der Waals surface area contributed by atoms with Gasteiger partial charge in [0, 0.05) is 23.0 Å². The molecule has 0 aliphatic carbocycles. The molecule has 0 amide bonds. The number of thiocarbonyl (C=S) groups is 1. The Balaban J connectivity index is 2.17. The minimum absolute atomic E-state index is 0.113. The molecule has 3 rings (SSSR count). The number of nitrogens with zero attached hydrogens (tertiary/aromatic N) is 1. The van der Waals surface area contributed by atoms with Crippen molar-refractivity contribution in [2.24, 2.45) is 0 Å². The summed E-state index contributed by atoms with van der Waals surface area (Å²) in [5.41, 5.74) is 2.63. The van der Waals surface area contributed by atoms with Gasteiger partial charge in [0.2, 0.25) is 0 Å². The van der Waals surface area contributed by atoms with E-state index in [0.717, 1.165) is 23.4 Å². The lowest BCUT2D eigenvalue weighted by molar-refractivity contribution is -0.136. The van der Waals surface area contributed by atoms with Crippen LogP contribution in [-0.2, 0) is 9.53 Å². The van der Waals surface area contributed by atoms with Gasteiger partial charge < -0.3 is 10.1 Å². The number of rotatable bonds is 3. The zero-order valence-corrected chi connectivity index (χ0v) is 15.9. The molecular weight excluding hydrogens is 370 g/mol. The third kappa shape index (κ3) is 3.55. The fraction of sp³-hybridized carbons (Fsp3) is 0.200. The van der Waals surface area contributed by atoms with Crippen molar-refractivity contribution in [3.63, 3.8) is 0 Å². The van der Waals surface area contributed by atoms with Crippen molar-refractivity contribution in [2.45, 2.75) is 19.9 Å². The molecule has 7 heteroatoms. The Bertz CT molecular complexity index is 959. The van der Waals surface area contributed by atoms with Gasteiger partial charge in [-0.15, -0.1) is 0 Å². The molecule has 2 aromatic carbocycles. The molecule has 0 spiro atoms. The molecule has 1 aliphatic heterocycles. The summed E-state index contributed by atoms with van der Waals surface area (Å²) in [7, 11) is 1.25. The number of esters is 1. The van der Waals surface area contributed by atoms with Crippen LogP contribution in [0.15, 0.2) is 53.7 Å². The minimum atomic E-state index is -0.883. The predicted octanol–water partition coefficient (Wildman–Crippen LogP) is 4.16. The number of allylic oxidation sites excluding steroid dienone is 1. The molecule has 1 heterocycles. The van der Waals surface area contributed by atoms with Gasteiger partial charge in [0.15, 0.2) is 5.11 Å². The number of hydrogen-bond donors (Lipinski definition) is 1. The predicted molar refractivity (Wildman–Crippen MR) is 103 cm³/mol. The Hall–Kier alpha value is -2.80. The molecular formula is C20H18F2N2O2S. The van der Waals surface area contributed by atoms with Gasteiger partial charge in [-0.25, -0.2) is 13.6 Å². The van der Waals surface area contributed by atoms with Crippen molar-refractivity contribution in [1.82, 2.24) is 5.32 Å². The summed E-state index contributed by atoms with van der Waals surface area (Å²) in [4.78, 5) is 14.2. The number of aryl methyl sites for hydroxylation is 1. The van der Waals surface area contributed by atoms with E-state index in [4.69, 9.17) is 17.0 Å². The molecule has 0 bridgehead atoms. The maximum atomic E-state index is 14.4. The van der Waals surface area contributed by atoms with Crippen LogP contribution in [0.3, 0.4) is 0 Å². The molecule has 1 atom stereocenters. The highest BCUT2D eigenvalue weighted by molar-refractivity contribution is 7.80. The van der Waals surface area contributed by atoms with E-state index in [1.165, 1.54) is 13.2 Å². The van der Waals surface area contributed by atoms with Crippen LogP contribution in [0, 0.1) is 18.6 Å². The number of ether oxygens (including phenoxy) is 1. The Labute approximate surface area is 161 Å². The first-order valence-electron chi connectivity index (χ1n) is 8.24. The summed E-state index contributed by atoms with van der Waals surface area (Å²) in [6, 6.07) is 9.93. The third-order valence-electron chi connectivity index (χ3n) is 4.42. The maximum absolute atomic E-state index is 14.4. The lowest BCUT2D eigenvalue weighted by atomic mass is 9.94. The number of carbonyl (C=O) groups is 1. The average molecular weight is 388 g/mol. The van der Waals surface area contributed by atoms with Crippen LogP contribution >= 0.6 is 12.2 Å². The SMILES string of the molecule is COC(=O)C1=C(C)N(c2cccc(C)c2)C(=S)N[C@@H]1c1ccc(F)cc1F. The highest BCUT2D eigenvalue weighted by Crippen LogP contribution is 2.35. The molecule has 0 radical (unpaired) electrons. The van der Waals surface area contributed by atoms with Crippen LogP contribution in [0.2, 0.25) is 0 Å². The Kier molecular flexibility index (Phi) is 5.23. The first kappa shape index (κ1) is 19.0. The van der Waals surface area contributed by atoms with Gasteiger partial charge in [-0.1, -0.05) is 18.2 Å². The quantitative estimate of drug-likeness (QED) is 0.632. The van der Waals surface area contributed by atoms with E-state index in [1.54, 1.807) is 11.8 Å². The van der Waals surface area contributed by atoms with Gasteiger partial charge in [-0.2, -0.15) is 0 Å². The maximum Gasteiger partial charge on any atom is 0.337 e. The van der Waals surface area contributed by atoms with E-state index in [-0.39, 0.29) is 11.1 Å². The fourth-order valence-electron chi connectivity index (χ4n) is 3.16. The molecule has 0 saturated heterocycles. The minimum Gasteiger partial charge on any atom is -0.466 e. The third-order valence-corrected chi connectivity index (χ3v) is 4.72. The Morgan fingerprint density at radius 3 is 2.56 bits per heavy atom. The summed E-state index contributed by atoms with van der Waals surface area (Å²) in [5.74, 6) is -2.08. The Morgan fingerprint density at radius 1 is 1.19 bits per heavy atom. The second-order valence-corrected chi connectivity index (χ2v) is 6.60. The highest BCUT2D eigenvalue weighted by atomic mass is 32.1. The van der Waals surface area contributed by atoms with Crippen molar-refractivity contribution in [2.75, 3.05) is 12.0 Å². The number of benzene rings is 2. The molecule has 2 aromatic rings. The van der Waals surface area contributed by atoms with E-state index >= 15 is 0 Å². The summed E-state index contributed by atoms with van der Waals surface area (Å²) < 4.78 is 32.6. The van der Waals surface area contributed by atoms with Gasteiger partial charge in [-0.3, -0.25) is 4.90 Å². The summed E-state index contributed by atoms with van der Waals surface area (Å²) >= 11 is 5.48. The van der Waals surface area contributed by atoms with E-state index in [9.17, 15) is 13.6 Å². The molecule has 27 heavy (non-hydrogen) atoms. The van der Waals surface area contributed by atoms with Crippen molar-refractivity contribution in [3.05, 3.63) is 76.5 Å². The van der Waals surface area contributed by atoms with Gasteiger partial charge >= 0.3 is 5.97 Å². The normalized spacial score (nSPS) is 17.0. The van der Waals surface area contributed by atoms with Crippen LogP contribution in [0.1, 0.15) is 24.1 Å². The molecule has 0 unspecified atom stereocenters. The second kappa shape index (κ2) is 7.44. The lowest BCUT2D eigenvalue weighted by Crippen LogP contribution is -2.48. The van der Waals surface area contributed by atoms with Gasteiger partial charge in [-0.05, 0) is 49.8 Å². The molecule has 140 valence electrons. The molecule has 1 aliphatic rings. The second-order valence-electron chi connectivity index (χ2n) is 6.21. The number of anilines is 1. The van der Waals surface area contributed by atoms with E-state index in [1.807, 2.05) is 31.2 Å². The fourth-order valence-corrected chi connectivity index (χ4v) is 3.52. The first-order chi connectivity index (χ1) is 12.8. The summed E-state index contributed by atoms with van der Waals surface area (Å²) in [5, 5.41) is 3.30. The van der Waals surface area contributed by atoms with Crippen molar-refractivity contribution < 1.29 is 18.3 Å². The van der Waals surface area contributed by atoms with Crippen molar-refractivity contribution in [3.8, 4) is 0 Å². The zero-order chi connectivity index (χ0) is 19.7. The number of hydrogen-bond acceptors (Lipinski definition) is 3. The standard InChI is InChI=1S/C20H18F2N2O2S/c1-11-5-4-6-14(9-11)24-12(2)17(19(25)26-3)18(23-20(24)27)15-8-7-13(21)10-16(15)22/h4-10,18H,1-3H3,(H,23,27)/t18-/m1/s1. The van der Waals surface area contributed by atoms with Crippen LogP contribution in [-0.4, -0.2) is 18.2 Å². The van der Waals surface area contributed by atoms with Gasteiger partial charge in [0.05, 0.1) is 18.7 Å². The van der Waals surface area contributed by atoms with E-state index in [2.05, 4.69) is 5.32 Å². The van der Waals surface area contributed by atoms with Crippen LogP contribution in [0.5, 0.6) is 0 Å². The summed E-state index contributed by atoms with van der Waals surface area (Å²) in [6.07, 6.45) is 0. The van der Waals surface area contributed by atoms with Crippen LogP contribution < -0.4 is 10.2 Å². The average Bonchev–Trinajstić information content (AvgIpc) is 2.61. The van der Waals surface area contributed by atoms with E-state index in [0.29, 0.717) is 10.8 Å². The monoisotopic (exact) mass is 388 g/mol. The van der Waals surface area contributed by atoms with Crippen LogP contribution in [0.25, 0.3) is 0 Å². The van der Waals surface area contributed by atoms with Crippen LogP contribution in [0.4, 0.5) is 14.5 Å². The Morgan fingerprint density at radius 2 is 1.93 bits per heavy atom. The molecule has 0 aromatic heterocycles. The molecule has 0 saturated carbocycles. The highest BCUT2D eigenvalue weighted by Gasteiger charge is 2.36. The molecule has 0 fully saturated rings.